The lowest BCUT2D eigenvalue weighted by Gasteiger charge is -2.20. The highest BCUT2D eigenvalue weighted by Gasteiger charge is 2.39. The van der Waals surface area contributed by atoms with Crippen molar-refractivity contribution in [3.8, 4) is 0 Å². The Bertz CT molecular complexity index is 1320. The van der Waals surface area contributed by atoms with Crippen molar-refractivity contribution >= 4 is 32.9 Å². The van der Waals surface area contributed by atoms with Crippen molar-refractivity contribution < 1.29 is 31.2 Å². The van der Waals surface area contributed by atoms with E-state index >= 15 is 0 Å². The van der Waals surface area contributed by atoms with Gasteiger partial charge in [-0.2, -0.15) is 8.78 Å². The van der Waals surface area contributed by atoms with Crippen LogP contribution >= 0.6 is 0 Å². The Balaban J connectivity index is 1.65. The molecule has 0 aliphatic carbocycles. The number of carbonyl (C=O) groups excluding carboxylic acids is 2. The average Bonchev–Trinajstić information content (AvgIpc) is 3.26. The maximum atomic E-state index is 14.8. The van der Waals surface area contributed by atoms with Gasteiger partial charge in [-0.3, -0.25) is 14.3 Å². The molecule has 0 radical (unpaired) electrons. The number of rotatable bonds is 6. The molecule has 2 atom stereocenters. The van der Waals surface area contributed by atoms with Gasteiger partial charge in [-0.25, -0.2) is 17.8 Å². The summed E-state index contributed by atoms with van der Waals surface area (Å²) in [5.74, 6) is -6.56. The molecule has 1 aliphatic rings. The maximum Gasteiger partial charge on any atom is 0.321 e. The van der Waals surface area contributed by atoms with E-state index in [0.29, 0.717) is 23.5 Å². The largest absolute Gasteiger partial charge is 0.341 e. The number of amides is 2. The van der Waals surface area contributed by atoms with Crippen LogP contribution in [0.4, 0.5) is 13.2 Å². The molecule has 3 aromatic rings. The summed E-state index contributed by atoms with van der Waals surface area (Å²) in [4.78, 5) is 30.7. The first-order valence-electron chi connectivity index (χ1n) is 9.90. The van der Waals surface area contributed by atoms with E-state index in [2.05, 4.69) is 15.3 Å². The zero-order valence-electron chi connectivity index (χ0n) is 17.2. The van der Waals surface area contributed by atoms with E-state index in [1.165, 1.54) is 12.1 Å². The van der Waals surface area contributed by atoms with E-state index in [9.17, 15) is 31.2 Å². The molecule has 12 heteroatoms. The van der Waals surface area contributed by atoms with Gasteiger partial charge in [0, 0.05) is 12.5 Å². The lowest BCUT2D eigenvalue weighted by atomic mass is 10.0. The molecule has 0 saturated carbocycles. The number of aromatic amines is 1. The van der Waals surface area contributed by atoms with Crippen LogP contribution in [0.1, 0.15) is 41.6 Å². The lowest BCUT2D eigenvalue weighted by molar-refractivity contribution is -0.143. The molecule has 2 amide bonds. The molecule has 4 rings (SSSR count). The van der Waals surface area contributed by atoms with Crippen LogP contribution in [0.2, 0.25) is 0 Å². The molecule has 2 unspecified atom stereocenters. The molecule has 1 fully saturated rings. The first kappa shape index (κ1) is 22.8. The highest BCUT2D eigenvalue weighted by atomic mass is 32.2. The number of alkyl halides is 2. The van der Waals surface area contributed by atoms with E-state index in [-0.39, 0.29) is 17.8 Å². The van der Waals surface area contributed by atoms with Gasteiger partial charge >= 0.3 is 5.92 Å². The monoisotopic (exact) mass is 480 g/mol. The van der Waals surface area contributed by atoms with Gasteiger partial charge in [-0.1, -0.05) is 24.3 Å². The molecule has 33 heavy (non-hydrogen) atoms. The Morgan fingerprint density at radius 3 is 2.61 bits per heavy atom. The third-order valence-corrected chi connectivity index (χ3v) is 6.98. The summed E-state index contributed by atoms with van der Waals surface area (Å²) < 4.78 is 67.8. The molecule has 2 heterocycles. The molecule has 1 saturated heterocycles. The minimum Gasteiger partial charge on any atom is -0.341 e. The van der Waals surface area contributed by atoms with Crippen molar-refractivity contribution in [2.45, 2.75) is 37.0 Å². The highest BCUT2D eigenvalue weighted by molar-refractivity contribution is 7.90. The first-order chi connectivity index (χ1) is 15.4. The summed E-state index contributed by atoms with van der Waals surface area (Å²) in [5, 5.41) is 0.877. The Kier molecular flexibility index (Phi) is 5.64. The van der Waals surface area contributed by atoms with Crippen LogP contribution in [0.5, 0.6) is 0 Å². The number of nitrogens with zero attached hydrogens (tertiary/aromatic N) is 1. The Labute approximate surface area is 186 Å². The number of hydrogen-bond acceptors (Lipinski definition) is 5. The summed E-state index contributed by atoms with van der Waals surface area (Å²) in [5.41, 5.74) is 1.30. The number of halogens is 3. The smallest absolute Gasteiger partial charge is 0.321 e. The van der Waals surface area contributed by atoms with Crippen LogP contribution in [-0.4, -0.2) is 36.1 Å². The van der Waals surface area contributed by atoms with Gasteiger partial charge < -0.3 is 10.3 Å². The van der Waals surface area contributed by atoms with Crippen molar-refractivity contribution in [3.63, 3.8) is 0 Å². The molecule has 2 aromatic carbocycles. The van der Waals surface area contributed by atoms with Gasteiger partial charge in [0.15, 0.2) is 0 Å². The summed E-state index contributed by atoms with van der Waals surface area (Å²) in [6.45, 7) is 0.462. The normalized spacial score (nSPS) is 18.8. The number of fused-ring (bicyclic) bond motifs is 1. The lowest BCUT2D eigenvalue weighted by Crippen LogP contribution is -2.41. The molecular weight excluding hydrogens is 461 g/mol. The maximum absolute atomic E-state index is 14.8. The summed E-state index contributed by atoms with van der Waals surface area (Å²) in [6, 6.07) is 9.59. The number of H-pyrrole nitrogens is 1. The van der Waals surface area contributed by atoms with Gasteiger partial charge in [0.05, 0.1) is 23.5 Å². The Morgan fingerprint density at radius 2 is 2.00 bits per heavy atom. The van der Waals surface area contributed by atoms with Gasteiger partial charge in [0.25, 0.3) is 5.91 Å². The molecule has 1 aliphatic heterocycles. The average molecular weight is 480 g/mol. The summed E-state index contributed by atoms with van der Waals surface area (Å²) in [6.07, 6.45) is -0.505. The van der Waals surface area contributed by atoms with E-state index in [1.54, 1.807) is 24.3 Å². The van der Waals surface area contributed by atoms with Crippen LogP contribution in [0, 0.1) is 5.82 Å². The number of carbonyl (C=O) groups is 2. The topological polar surface area (TPSA) is 121 Å². The quantitative estimate of drug-likeness (QED) is 0.501. The number of sulfonamides is 1. The zero-order valence-corrected chi connectivity index (χ0v) is 18.0. The fourth-order valence-electron chi connectivity index (χ4n) is 3.66. The second-order valence-electron chi connectivity index (χ2n) is 7.88. The minimum atomic E-state index is -4.03. The number of benzene rings is 2. The molecule has 8 nitrogen and oxygen atoms in total. The SMILES string of the molecule is CC(F)(F)C(=O)NC(Cc1ccc(C2CC(=O)NS2(=O)=O)c(F)c1)c1nc2ccccc2[nH]1. The van der Waals surface area contributed by atoms with E-state index < -0.39 is 51.3 Å². The van der Waals surface area contributed by atoms with E-state index in [4.69, 9.17) is 0 Å². The third-order valence-electron chi connectivity index (χ3n) is 5.29. The first-order valence-corrected chi connectivity index (χ1v) is 11.4. The second-order valence-corrected chi connectivity index (χ2v) is 9.74. The molecule has 0 spiro atoms. The van der Waals surface area contributed by atoms with Crippen LogP contribution in [0.15, 0.2) is 42.5 Å². The number of hydrogen-bond donors (Lipinski definition) is 3. The molecule has 3 N–H and O–H groups in total. The fraction of sp³-hybridized carbons (Fsp3) is 0.286. The zero-order chi connectivity index (χ0) is 24.0. The standard InChI is InChI=1S/C21H19F3N4O4S/c1-21(23,24)20(30)27-16(19-25-14-4-2-3-5-15(14)26-19)9-11-6-7-12(13(22)8-11)17-10-18(29)28-33(17,31)32/h2-8,16-17H,9-10H2,1H3,(H,25,26)(H,27,30)(H,28,29). The van der Waals surface area contributed by atoms with E-state index in [0.717, 1.165) is 6.07 Å². The van der Waals surface area contributed by atoms with Gasteiger partial charge in [0.2, 0.25) is 15.9 Å². The van der Waals surface area contributed by atoms with Crippen LogP contribution in [-0.2, 0) is 26.0 Å². The Morgan fingerprint density at radius 1 is 1.27 bits per heavy atom. The number of aromatic nitrogens is 2. The fourth-order valence-corrected chi connectivity index (χ4v) is 5.10. The molecule has 174 valence electrons. The second kappa shape index (κ2) is 8.18. The van der Waals surface area contributed by atoms with Crippen LogP contribution in [0.3, 0.4) is 0 Å². The number of para-hydroxylation sites is 2. The van der Waals surface area contributed by atoms with Crippen molar-refractivity contribution in [2.24, 2.45) is 0 Å². The third kappa shape index (κ3) is 4.70. The van der Waals surface area contributed by atoms with Crippen LogP contribution < -0.4 is 10.0 Å². The molecular formula is C21H19F3N4O4S. The van der Waals surface area contributed by atoms with Gasteiger partial charge in [-0.15, -0.1) is 0 Å². The van der Waals surface area contributed by atoms with Crippen molar-refractivity contribution in [2.75, 3.05) is 0 Å². The minimum absolute atomic E-state index is 0.104. The molecule has 1 aromatic heterocycles. The van der Waals surface area contributed by atoms with Crippen molar-refractivity contribution in [1.29, 1.82) is 0 Å². The van der Waals surface area contributed by atoms with Crippen LogP contribution in [0.25, 0.3) is 11.0 Å². The van der Waals surface area contributed by atoms with E-state index in [1.807, 2.05) is 4.72 Å². The summed E-state index contributed by atoms with van der Waals surface area (Å²) in [7, 11) is -4.03. The van der Waals surface area contributed by atoms with Crippen molar-refractivity contribution in [3.05, 3.63) is 65.2 Å². The molecule has 0 bridgehead atoms. The summed E-state index contributed by atoms with van der Waals surface area (Å²) >= 11 is 0. The van der Waals surface area contributed by atoms with Crippen molar-refractivity contribution in [1.82, 2.24) is 20.0 Å². The highest BCUT2D eigenvalue weighted by Crippen LogP contribution is 2.32. The predicted octanol–water partition coefficient (Wildman–Crippen LogP) is 2.65. The van der Waals surface area contributed by atoms with Gasteiger partial charge in [0.1, 0.15) is 16.9 Å². The number of nitrogens with one attached hydrogen (secondary N) is 3. The predicted molar refractivity (Wildman–Crippen MR) is 112 cm³/mol. The van der Waals surface area contributed by atoms with Gasteiger partial charge in [-0.05, 0) is 30.2 Å². The Hall–Kier alpha value is -3.41. The number of imidazole rings is 1.